The Kier molecular flexibility index (Phi) is 7.20. The van der Waals surface area contributed by atoms with Crippen molar-refractivity contribution in [3.8, 4) is 17.2 Å². The van der Waals surface area contributed by atoms with Gasteiger partial charge in [-0.3, -0.25) is 14.5 Å². The summed E-state index contributed by atoms with van der Waals surface area (Å²) in [6, 6.07) is 16.0. The molecule has 0 aromatic heterocycles. The molecule has 1 saturated heterocycles. The number of ether oxygens (including phenoxy) is 3. The number of aliphatic imine (C=N–C) groups is 1. The summed E-state index contributed by atoms with van der Waals surface area (Å²) in [5.41, 5.74) is 1.70. The lowest BCUT2D eigenvalue weighted by Crippen LogP contribution is -2.33. The van der Waals surface area contributed by atoms with Crippen molar-refractivity contribution < 1.29 is 28.2 Å². The van der Waals surface area contributed by atoms with Crippen molar-refractivity contribution in [1.29, 1.82) is 0 Å². The minimum absolute atomic E-state index is 0.0980. The van der Waals surface area contributed by atoms with E-state index < -0.39 is 5.25 Å². The van der Waals surface area contributed by atoms with E-state index in [9.17, 15) is 14.0 Å². The van der Waals surface area contributed by atoms with Crippen molar-refractivity contribution in [3.05, 3.63) is 77.1 Å². The summed E-state index contributed by atoms with van der Waals surface area (Å²) in [4.78, 5) is 32.4. The second-order valence-electron chi connectivity index (χ2n) is 8.19. The van der Waals surface area contributed by atoms with Gasteiger partial charge in [0.05, 0.1) is 25.0 Å². The lowest BCUT2D eigenvalue weighted by atomic mass is 10.1. The molecule has 0 radical (unpaired) electrons. The van der Waals surface area contributed by atoms with Gasteiger partial charge in [0, 0.05) is 11.4 Å². The number of rotatable bonds is 7. The molecule has 3 aromatic rings. The molecule has 190 valence electrons. The van der Waals surface area contributed by atoms with Gasteiger partial charge in [-0.15, -0.1) is 0 Å². The lowest BCUT2D eigenvalue weighted by Gasteiger charge is -2.17. The monoisotopic (exact) mass is 541 g/mol. The molecule has 2 aliphatic heterocycles. The third kappa shape index (κ3) is 5.65. The van der Waals surface area contributed by atoms with Crippen molar-refractivity contribution in [2.24, 2.45) is 4.99 Å². The summed E-state index contributed by atoms with van der Waals surface area (Å²) in [7, 11) is 1.49. The van der Waals surface area contributed by atoms with Crippen molar-refractivity contribution in [2.45, 2.75) is 18.2 Å². The maximum Gasteiger partial charge on any atom is 0.242 e. The minimum Gasteiger partial charge on any atom is -0.495 e. The van der Waals surface area contributed by atoms with Crippen molar-refractivity contribution >= 4 is 51.7 Å². The summed E-state index contributed by atoms with van der Waals surface area (Å²) >= 11 is 7.24. The lowest BCUT2D eigenvalue weighted by molar-refractivity contribution is -0.128. The molecule has 2 amide bonds. The number of nitrogens with zero attached hydrogens (tertiary/aromatic N) is 2. The smallest absolute Gasteiger partial charge is 0.242 e. The van der Waals surface area contributed by atoms with Crippen LogP contribution in [0, 0.1) is 5.82 Å². The van der Waals surface area contributed by atoms with Crippen molar-refractivity contribution in [2.75, 3.05) is 19.2 Å². The number of nitrogens with one attached hydrogen (secondary N) is 1. The first-order chi connectivity index (χ1) is 17.9. The number of amides is 2. The number of amidine groups is 1. The SMILES string of the molecule is COc1ccc(Cl)cc1NC(=O)CC1SC(=Nc2ccc(F)cc2)N(Cc2ccc3c(c2)OCO3)C1=O. The zero-order chi connectivity index (χ0) is 25.9. The van der Waals surface area contributed by atoms with E-state index in [2.05, 4.69) is 10.3 Å². The van der Waals surface area contributed by atoms with Gasteiger partial charge < -0.3 is 19.5 Å². The zero-order valence-electron chi connectivity index (χ0n) is 19.6. The van der Waals surface area contributed by atoms with Crippen molar-refractivity contribution in [1.82, 2.24) is 4.90 Å². The second kappa shape index (κ2) is 10.7. The van der Waals surface area contributed by atoms with Gasteiger partial charge in [0.25, 0.3) is 0 Å². The third-order valence-electron chi connectivity index (χ3n) is 5.66. The largest absolute Gasteiger partial charge is 0.495 e. The van der Waals surface area contributed by atoms with E-state index in [-0.39, 0.29) is 37.4 Å². The number of carbonyl (C=O) groups excluding carboxylic acids is 2. The van der Waals surface area contributed by atoms with E-state index in [1.54, 1.807) is 30.3 Å². The summed E-state index contributed by atoms with van der Waals surface area (Å²) in [5.74, 6) is 0.653. The van der Waals surface area contributed by atoms with Crippen LogP contribution in [-0.2, 0) is 16.1 Å². The summed E-state index contributed by atoms with van der Waals surface area (Å²) < 4.78 is 29.5. The molecule has 0 bridgehead atoms. The van der Waals surface area contributed by atoms with Crippen LogP contribution in [0.4, 0.5) is 15.8 Å². The number of thioether (sulfide) groups is 1. The third-order valence-corrected chi connectivity index (χ3v) is 7.07. The van der Waals surface area contributed by atoms with Gasteiger partial charge in [0.15, 0.2) is 16.7 Å². The molecular formula is C26H21ClFN3O5S. The molecule has 1 N–H and O–H groups in total. The summed E-state index contributed by atoms with van der Waals surface area (Å²) in [6.45, 7) is 0.353. The molecule has 1 unspecified atom stereocenters. The number of hydrogen-bond donors (Lipinski definition) is 1. The number of halogens is 2. The highest BCUT2D eigenvalue weighted by molar-refractivity contribution is 8.15. The number of carbonyl (C=O) groups is 2. The number of fused-ring (bicyclic) bond motifs is 1. The highest BCUT2D eigenvalue weighted by atomic mass is 35.5. The van der Waals surface area contributed by atoms with Crippen LogP contribution in [0.5, 0.6) is 17.2 Å². The van der Waals surface area contributed by atoms with Crippen LogP contribution < -0.4 is 19.5 Å². The van der Waals surface area contributed by atoms with E-state index in [4.69, 9.17) is 25.8 Å². The van der Waals surface area contributed by atoms with E-state index in [0.717, 1.165) is 5.56 Å². The fourth-order valence-electron chi connectivity index (χ4n) is 3.87. The normalized spacial score (nSPS) is 17.4. The Morgan fingerprint density at radius 2 is 1.95 bits per heavy atom. The van der Waals surface area contributed by atoms with Gasteiger partial charge in [-0.05, 0) is 60.2 Å². The molecule has 8 nitrogen and oxygen atoms in total. The topological polar surface area (TPSA) is 89.5 Å². The molecule has 37 heavy (non-hydrogen) atoms. The average Bonchev–Trinajstić information content (AvgIpc) is 3.45. The molecule has 0 saturated carbocycles. The Labute approximate surface area is 221 Å². The quantitative estimate of drug-likeness (QED) is 0.432. The van der Waals surface area contributed by atoms with Gasteiger partial charge in [-0.1, -0.05) is 29.4 Å². The van der Waals surface area contributed by atoms with Gasteiger partial charge in [-0.25, -0.2) is 9.38 Å². The van der Waals surface area contributed by atoms with Gasteiger partial charge in [-0.2, -0.15) is 0 Å². The van der Waals surface area contributed by atoms with Crippen LogP contribution in [-0.4, -0.2) is 41.0 Å². The molecular weight excluding hydrogens is 521 g/mol. The predicted octanol–water partition coefficient (Wildman–Crippen LogP) is 5.38. The Bertz CT molecular complexity index is 1390. The maximum atomic E-state index is 13.4. The van der Waals surface area contributed by atoms with Gasteiger partial charge in [0.1, 0.15) is 16.8 Å². The van der Waals surface area contributed by atoms with E-state index >= 15 is 0 Å². The van der Waals surface area contributed by atoms with Crippen LogP contribution in [0.15, 0.2) is 65.7 Å². The number of hydrogen-bond acceptors (Lipinski definition) is 7. The number of methoxy groups -OCH3 is 1. The summed E-state index contributed by atoms with van der Waals surface area (Å²) in [6.07, 6.45) is -0.0980. The predicted molar refractivity (Wildman–Crippen MR) is 139 cm³/mol. The van der Waals surface area contributed by atoms with Crippen LogP contribution in [0.2, 0.25) is 5.02 Å². The first kappa shape index (κ1) is 24.9. The fraction of sp³-hybridized carbons (Fsp3) is 0.192. The minimum atomic E-state index is -0.710. The first-order valence-electron chi connectivity index (χ1n) is 11.2. The average molecular weight is 542 g/mol. The van der Waals surface area contributed by atoms with Crippen LogP contribution in [0.3, 0.4) is 0 Å². The van der Waals surface area contributed by atoms with Gasteiger partial charge in [0.2, 0.25) is 18.6 Å². The first-order valence-corrected chi connectivity index (χ1v) is 12.5. The van der Waals surface area contributed by atoms with Crippen LogP contribution >= 0.6 is 23.4 Å². The van der Waals surface area contributed by atoms with Crippen LogP contribution in [0.1, 0.15) is 12.0 Å². The zero-order valence-corrected chi connectivity index (χ0v) is 21.1. The standard InChI is InChI=1S/C26H21ClFN3O5S/c1-34-20-9-3-16(27)11-19(20)30-24(32)12-23-25(33)31(13-15-2-8-21-22(10-15)36-14-35-21)26(37-23)29-18-6-4-17(28)5-7-18/h2-11,23H,12-14H2,1H3,(H,30,32). The molecule has 5 rings (SSSR count). The molecule has 1 atom stereocenters. The van der Waals surface area contributed by atoms with Crippen LogP contribution in [0.25, 0.3) is 0 Å². The Morgan fingerprint density at radius 3 is 2.73 bits per heavy atom. The molecule has 0 spiro atoms. The molecule has 11 heteroatoms. The molecule has 2 heterocycles. The Morgan fingerprint density at radius 1 is 1.16 bits per heavy atom. The maximum absolute atomic E-state index is 13.4. The molecule has 1 fully saturated rings. The second-order valence-corrected chi connectivity index (χ2v) is 9.79. The Hall–Kier alpha value is -3.76. The highest BCUT2D eigenvalue weighted by Gasteiger charge is 2.39. The highest BCUT2D eigenvalue weighted by Crippen LogP contribution is 2.36. The molecule has 3 aromatic carbocycles. The van der Waals surface area contributed by atoms with E-state index in [1.807, 2.05) is 6.07 Å². The van der Waals surface area contributed by atoms with Crippen molar-refractivity contribution in [3.63, 3.8) is 0 Å². The fourth-order valence-corrected chi connectivity index (χ4v) is 5.20. The van der Waals surface area contributed by atoms with E-state index in [1.165, 1.54) is 48.0 Å². The molecule has 0 aliphatic carbocycles. The Balaban J connectivity index is 1.37. The number of anilines is 1. The summed E-state index contributed by atoms with van der Waals surface area (Å²) in [5, 5.41) is 2.90. The number of benzene rings is 3. The van der Waals surface area contributed by atoms with E-state index in [0.29, 0.717) is 38.8 Å². The molecule has 2 aliphatic rings. The van der Waals surface area contributed by atoms with Gasteiger partial charge >= 0.3 is 0 Å².